The molecule has 31 heavy (non-hydrogen) atoms. The van der Waals surface area contributed by atoms with E-state index in [2.05, 4.69) is 21.2 Å². The number of urea groups is 1. The molecule has 8 heteroatoms. The van der Waals surface area contributed by atoms with Crippen LogP contribution in [0.3, 0.4) is 0 Å². The van der Waals surface area contributed by atoms with Gasteiger partial charge < -0.3 is 19.9 Å². The van der Waals surface area contributed by atoms with Crippen LogP contribution in [0.4, 0.5) is 10.5 Å². The third kappa shape index (κ3) is 6.19. The summed E-state index contributed by atoms with van der Waals surface area (Å²) in [7, 11) is 0. The van der Waals surface area contributed by atoms with Gasteiger partial charge in [0.1, 0.15) is 0 Å². The van der Waals surface area contributed by atoms with Crippen molar-refractivity contribution in [3.63, 3.8) is 0 Å². The predicted octanol–water partition coefficient (Wildman–Crippen LogP) is 4.11. The average Bonchev–Trinajstić information content (AvgIpc) is 2.81. The molecule has 1 saturated carbocycles. The number of halogens is 2. The van der Waals surface area contributed by atoms with Crippen LogP contribution >= 0.6 is 23.2 Å². The number of nitrogens with one attached hydrogen (secondary N) is 1. The number of nitrogens with zero attached hydrogens (tertiary/aromatic N) is 3. The molecule has 0 radical (unpaired) electrons. The maximum Gasteiger partial charge on any atom is 0.317 e. The van der Waals surface area contributed by atoms with Crippen molar-refractivity contribution >= 4 is 34.9 Å². The monoisotopic (exact) mass is 468 g/mol. The van der Waals surface area contributed by atoms with Crippen LogP contribution in [0, 0.1) is 5.92 Å². The maximum atomic E-state index is 12.4. The van der Waals surface area contributed by atoms with Crippen molar-refractivity contribution < 1.29 is 9.53 Å². The fourth-order valence-electron chi connectivity index (χ4n) is 4.94. The number of carbonyl (C=O) groups excluding carboxylic acids is 1. The van der Waals surface area contributed by atoms with Gasteiger partial charge in [-0.25, -0.2) is 4.79 Å². The second-order valence-corrected chi connectivity index (χ2v) is 9.74. The van der Waals surface area contributed by atoms with Gasteiger partial charge in [-0.05, 0) is 56.7 Å². The zero-order valence-electron chi connectivity index (χ0n) is 18.2. The minimum absolute atomic E-state index is 0.0874. The molecule has 1 aromatic carbocycles. The Hall–Kier alpha value is -1.21. The third-order valence-electron chi connectivity index (χ3n) is 6.97. The summed E-state index contributed by atoms with van der Waals surface area (Å²) < 4.78 is 5.33. The highest BCUT2D eigenvalue weighted by Gasteiger charge is 2.26. The zero-order chi connectivity index (χ0) is 21.6. The Balaban J connectivity index is 1.13. The fourth-order valence-corrected chi connectivity index (χ4v) is 5.36. The molecule has 1 aromatic rings. The summed E-state index contributed by atoms with van der Waals surface area (Å²) in [6.07, 6.45) is 5.88. The van der Waals surface area contributed by atoms with E-state index in [1.165, 1.54) is 19.3 Å². The normalized spacial score (nSPS) is 25.5. The summed E-state index contributed by atoms with van der Waals surface area (Å²) in [4.78, 5) is 19.2. The Kier molecular flexibility index (Phi) is 8.21. The first-order valence-corrected chi connectivity index (χ1v) is 12.4. The lowest BCUT2D eigenvalue weighted by molar-refractivity contribution is 0.0519. The molecule has 0 spiro atoms. The Morgan fingerprint density at radius 1 is 1.00 bits per heavy atom. The Labute approximate surface area is 195 Å². The van der Waals surface area contributed by atoms with Crippen molar-refractivity contribution in [2.24, 2.45) is 5.92 Å². The second kappa shape index (κ2) is 11.1. The van der Waals surface area contributed by atoms with Gasteiger partial charge in [-0.2, -0.15) is 0 Å². The smallest absolute Gasteiger partial charge is 0.317 e. The van der Waals surface area contributed by atoms with Gasteiger partial charge in [-0.3, -0.25) is 4.90 Å². The van der Waals surface area contributed by atoms with Gasteiger partial charge in [0.05, 0.1) is 28.9 Å². The van der Waals surface area contributed by atoms with Crippen molar-refractivity contribution in [3.8, 4) is 0 Å². The number of rotatable bonds is 5. The van der Waals surface area contributed by atoms with Crippen LogP contribution in [-0.2, 0) is 4.74 Å². The molecular weight excluding hydrogens is 435 g/mol. The first kappa shape index (κ1) is 23.0. The Morgan fingerprint density at radius 3 is 2.42 bits per heavy atom. The third-order valence-corrected chi connectivity index (χ3v) is 7.78. The van der Waals surface area contributed by atoms with Crippen molar-refractivity contribution in [1.29, 1.82) is 0 Å². The number of ether oxygens (including phenoxy) is 1. The van der Waals surface area contributed by atoms with E-state index in [1.54, 1.807) is 0 Å². The molecule has 0 atom stereocenters. The molecule has 3 aliphatic rings. The van der Waals surface area contributed by atoms with Crippen molar-refractivity contribution in [1.82, 2.24) is 15.1 Å². The Morgan fingerprint density at radius 2 is 1.71 bits per heavy atom. The second-order valence-electron chi connectivity index (χ2n) is 8.96. The predicted molar refractivity (Wildman–Crippen MR) is 126 cm³/mol. The lowest BCUT2D eigenvalue weighted by atomic mass is 9.84. The van der Waals surface area contributed by atoms with Crippen LogP contribution in [-0.4, -0.2) is 80.9 Å². The van der Waals surface area contributed by atoms with E-state index < -0.39 is 0 Å². The van der Waals surface area contributed by atoms with E-state index in [9.17, 15) is 4.79 Å². The molecule has 2 saturated heterocycles. The molecule has 2 heterocycles. The van der Waals surface area contributed by atoms with E-state index in [-0.39, 0.29) is 6.03 Å². The van der Waals surface area contributed by atoms with Gasteiger partial charge in [0.2, 0.25) is 0 Å². The molecule has 2 amide bonds. The molecular formula is C23H34Cl2N4O2. The molecule has 4 rings (SSSR count). The summed E-state index contributed by atoms with van der Waals surface area (Å²) in [6, 6.07) is 6.28. The number of carbonyl (C=O) groups is 1. The molecule has 0 aromatic heterocycles. The first-order chi connectivity index (χ1) is 15.1. The number of piperazine rings is 1. The largest absolute Gasteiger partial charge is 0.378 e. The highest BCUT2D eigenvalue weighted by Crippen LogP contribution is 2.33. The highest BCUT2D eigenvalue weighted by molar-refractivity contribution is 6.43. The molecule has 0 bridgehead atoms. The topological polar surface area (TPSA) is 48.1 Å². The summed E-state index contributed by atoms with van der Waals surface area (Å²) in [5.41, 5.74) is 1.05. The summed E-state index contributed by atoms with van der Waals surface area (Å²) in [5, 5.41) is 4.52. The lowest BCUT2D eigenvalue weighted by Gasteiger charge is -2.38. The molecule has 2 aliphatic heterocycles. The fraction of sp³-hybridized carbons (Fsp3) is 0.696. The molecule has 172 valence electrons. The number of hydrogen-bond acceptors (Lipinski definition) is 4. The number of morpholine rings is 1. The van der Waals surface area contributed by atoms with Crippen molar-refractivity contribution in [2.45, 2.75) is 38.1 Å². The number of amides is 2. The highest BCUT2D eigenvalue weighted by atomic mass is 35.5. The molecule has 3 fully saturated rings. The number of hydrogen-bond donors (Lipinski definition) is 1. The Bertz CT molecular complexity index is 728. The minimum Gasteiger partial charge on any atom is -0.378 e. The molecule has 6 nitrogen and oxygen atoms in total. The van der Waals surface area contributed by atoms with E-state index in [1.807, 2.05) is 17.0 Å². The van der Waals surface area contributed by atoms with E-state index in [4.69, 9.17) is 27.9 Å². The SMILES string of the molecule is O=C(N[C@H]1CC[C@H](CCN2CCN(c3cccc(Cl)c3Cl)CC2)CC1)N1CCOCC1. The molecule has 1 aliphatic carbocycles. The van der Waals surface area contributed by atoms with Crippen LogP contribution in [0.2, 0.25) is 10.0 Å². The number of benzene rings is 1. The first-order valence-electron chi connectivity index (χ1n) is 11.6. The van der Waals surface area contributed by atoms with Crippen LogP contribution in [0.1, 0.15) is 32.1 Å². The van der Waals surface area contributed by atoms with Gasteiger partial charge in [0.25, 0.3) is 0 Å². The number of anilines is 1. The van der Waals surface area contributed by atoms with Crippen LogP contribution in [0.15, 0.2) is 18.2 Å². The summed E-state index contributed by atoms with van der Waals surface area (Å²) in [5.74, 6) is 0.775. The van der Waals surface area contributed by atoms with Crippen LogP contribution in [0.25, 0.3) is 0 Å². The van der Waals surface area contributed by atoms with Gasteiger partial charge in [-0.15, -0.1) is 0 Å². The van der Waals surface area contributed by atoms with E-state index in [0.717, 1.165) is 57.2 Å². The van der Waals surface area contributed by atoms with E-state index >= 15 is 0 Å². The standard InChI is InChI=1S/C23H34Cl2N4O2/c24-20-2-1-3-21(22(20)25)28-12-10-27(11-13-28)9-8-18-4-6-19(7-5-18)26-23(30)29-14-16-31-17-15-29/h1-3,18-19H,4-17H2,(H,26,30)/t18-,19-. The van der Waals surface area contributed by atoms with Gasteiger partial charge in [0, 0.05) is 45.3 Å². The van der Waals surface area contributed by atoms with E-state index in [0.29, 0.717) is 42.4 Å². The zero-order valence-corrected chi connectivity index (χ0v) is 19.7. The van der Waals surface area contributed by atoms with Crippen LogP contribution in [0.5, 0.6) is 0 Å². The van der Waals surface area contributed by atoms with Gasteiger partial charge in [0.15, 0.2) is 0 Å². The summed E-state index contributed by atoms with van der Waals surface area (Å²) >= 11 is 12.6. The van der Waals surface area contributed by atoms with Crippen molar-refractivity contribution in [3.05, 3.63) is 28.2 Å². The molecule has 0 unspecified atom stereocenters. The maximum absolute atomic E-state index is 12.4. The molecule has 1 N–H and O–H groups in total. The summed E-state index contributed by atoms with van der Waals surface area (Å²) in [6.45, 7) is 7.98. The van der Waals surface area contributed by atoms with Gasteiger partial charge >= 0.3 is 6.03 Å². The van der Waals surface area contributed by atoms with Crippen LogP contribution < -0.4 is 10.2 Å². The average molecular weight is 469 g/mol. The quantitative estimate of drug-likeness (QED) is 0.706. The minimum atomic E-state index is 0.0874. The van der Waals surface area contributed by atoms with Crippen molar-refractivity contribution in [2.75, 3.05) is 63.9 Å². The lowest BCUT2D eigenvalue weighted by Crippen LogP contribution is -2.50. The van der Waals surface area contributed by atoms with Gasteiger partial charge in [-0.1, -0.05) is 29.3 Å².